The second-order valence-corrected chi connectivity index (χ2v) is 6.70. The topological polar surface area (TPSA) is 78.9 Å². The molecular formula is C17H22O6. The van der Waals surface area contributed by atoms with Gasteiger partial charge in [-0.3, -0.25) is 14.4 Å². The minimum absolute atomic E-state index is 0.271. The standard InChI is InChI=1S/C17H22O6/c1-3-17(6-4-5-7-17)23-16(20)12-9-13(21-10(2)18)14-8-11(12)15(19)22-14/h3,11-14H,1,4-9H2,2H3. The van der Waals surface area contributed by atoms with Crippen LogP contribution in [-0.4, -0.2) is 35.7 Å². The van der Waals surface area contributed by atoms with Gasteiger partial charge in [-0.25, -0.2) is 0 Å². The van der Waals surface area contributed by atoms with Crippen LogP contribution in [0.25, 0.3) is 0 Å². The molecule has 0 aromatic heterocycles. The Morgan fingerprint density at radius 1 is 1.30 bits per heavy atom. The molecule has 1 aliphatic heterocycles. The van der Waals surface area contributed by atoms with Crippen molar-refractivity contribution in [3.63, 3.8) is 0 Å². The second-order valence-electron chi connectivity index (χ2n) is 6.70. The van der Waals surface area contributed by atoms with Crippen LogP contribution in [0.4, 0.5) is 0 Å². The Hall–Kier alpha value is -1.85. The molecule has 0 aromatic carbocycles. The van der Waals surface area contributed by atoms with Crippen molar-refractivity contribution in [1.82, 2.24) is 0 Å². The molecule has 0 radical (unpaired) electrons. The summed E-state index contributed by atoms with van der Waals surface area (Å²) in [7, 11) is 0. The van der Waals surface area contributed by atoms with Crippen LogP contribution < -0.4 is 0 Å². The van der Waals surface area contributed by atoms with Gasteiger partial charge in [0.2, 0.25) is 0 Å². The Kier molecular flexibility index (Phi) is 4.17. The van der Waals surface area contributed by atoms with Gasteiger partial charge in [-0.1, -0.05) is 6.58 Å². The molecule has 0 aromatic rings. The molecule has 0 N–H and O–H groups in total. The van der Waals surface area contributed by atoms with E-state index in [9.17, 15) is 14.4 Å². The molecule has 1 heterocycles. The van der Waals surface area contributed by atoms with Crippen molar-refractivity contribution in [3.8, 4) is 0 Å². The van der Waals surface area contributed by atoms with Gasteiger partial charge in [0.15, 0.2) is 0 Å². The van der Waals surface area contributed by atoms with E-state index in [1.54, 1.807) is 6.08 Å². The molecular weight excluding hydrogens is 300 g/mol. The molecule has 23 heavy (non-hydrogen) atoms. The van der Waals surface area contributed by atoms with Gasteiger partial charge in [-0.15, -0.1) is 0 Å². The first-order chi connectivity index (χ1) is 10.9. The maximum Gasteiger partial charge on any atom is 0.310 e. The summed E-state index contributed by atoms with van der Waals surface area (Å²) in [6, 6.07) is 0. The third-order valence-electron chi connectivity index (χ3n) is 5.19. The average Bonchev–Trinajstić information content (AvgIpc) is 3.08. The first-order valence-corrected chi connectivity index (χ1v) is 8.18. The molecule has 0 spiro atoms. The summed E-state index contributed by atoms with van der Waals surface area (Å²) >= 11 is 0. The minimum atomic E-state index is -0.622. The van der Waals surface area contributed by atoms with Gasteiger partial charge in [0, 0.05) is 19.8 Å². The predicted molar refractivity (Wildman–Crippen MR) is 79.1 cm³/mol. The number of esters is 3. The fourth-order valence-electron chi connectivity index (χ4n) is 3.95. The van der Waals surface area contributed by atoms with Gasteiger partial charge in [0.25, 0.3) is 0 Å². The summed E-state index contributed by atoms with van der Waals surface area (Å²) in [5.74, 6) is -2.37. The van der Waals surface area contributed by atoms with Crippen molar-refractivity contribution in [2.45, 2.75) is 63.3 Å². The molecule has 6 heteroatoms. The number of fused-ring (bicyclic) bond motifs is 2. The van der Waals surface area contributed by atoms with Crippen molar-refractivity contribution in [3.05, 3.63) is 12.7 Å². The fraction of sp³-hybridized carbons (Fsp3) is 0.706. The van der Waals surface area contributed by atoms with E-state index in [-0.39, 0.29) is 6.42 Å². The van der Waals surface area contributed by atoms with Crippen LogP contribution in [0.2, 0.25) is 0 Å². The van der Waals surface area contributed by atoms with Crippen molar-refractivity contribution >= 4 is 17.9 Å². The zero-order chi connectivity index (χ0) is 16.6. The third-order valence-corrected chi connectivity index (χ3v) is 5.19. The van der Waals surface area contributed by atoms with E-state index in [4.69, 9.17) is 14.2 Å². The van der Waals surface area contributed by atoms with E-state index in [2.05, 4.69) is 6.58 Å². The van der Waals surface area contributed by atoms with Crippen LogP contribution in [0.15, 0.2) is 12.7 Å². The number of rotatable bonds is 4. The lowest BCUT2D eigenvalue weighted by Crippen LogP contribution is -2.43. The Morgan fingerprint density at radius 3 is 2.61 bits per heavy atom. The van der Waals surface area contributed by atoms with Gasteiger partial charge in [-0.05, 0) is 31.8 Å². The fourth-order valence-corrected chi connectivity index (χ4v) is 3.95. The van der Waals surface area contributed by atoms with Crippen LogP contribution in [0.1, 0.15) is 45.4 Å². The van der Waals surface area contributed by atoms with E-state index in [1.807, 2.05) is 0 Å². The highest BCUT2D eigenvalue weighted by Crippen LogP contribution is 2.42. The molecule has 2 aliphatic carbocycles. The number of ether oxygens (including phenoxy) is 3. The van der Waals surface area contributed by atoms with Crippen LogP contribution in [0.5, 0.6) is 0 Å². The molecule has 4 atom stereocenters. The first-order valence-electron chi connectivity index (χ1n) is 8.18. The van der Waals surface area contributed by atoms with Gasteiger partial charge in [0.05, 0.1) is 11.8 Å². The lowest BCUT2D eigenvalue weighted by atomic mass is 9.78. The zero-order valence-electron chi connectivity index (χ0n) is 13.3. The monoisotopic (exact) mass is 322 g/mol. The number of hydrogen-bond acceptors (Lipinski definition) is 6. The van der Waals surface area contributed by atoms with E-state index in [0.29, 0.717) is 6.42 Å². The summed E-state index contributed by atoms with van der Waals surface area (Å²) < 4.78 is 16.2. The number of hydrogen-bond donors (Lipinski definition) is 0. The number of carbonyl (C=O) groups excluding carboxylic acids is 3. The quantitative estimate of drug-likeness (QED) is 0.447. The molecule has 6 nitrogen and oxygen atoms in total. The second kappa shape index (κ2) is 5.98. The minimum Gasteiger partial charge on any atom is -0.459 e. The summed E-state index contributed by atoms with van der Waals surface area (Å²) in [5.41, 5.74) is -0.618. The summed E-state index contributed by atoms with van der Waals surface area (Å²) in [4.78, 5) is 35.9. The lowest BCUT2D eigenvalue weighted by Gasteiger charge is -2.33. The zero-order valence-corrected chi connectivity index (χ0v) is 13.3. The van der Waals surface area contributed by atoms with E-state index < -0.39 is 47.6 Å². The third kappa shape index (κ3) is 2.99. The Bertz CT molecular complexity index is 533. The summed E-state index contributed by atoms with van der Waals surface area (Å²) in [5, 5.41) is 0. The molecule has 3 rings (SSSR count). The van der Waals surface area contributed by atoms with Crippen LogP contribution in [0, 0.1) is 11.8 Å². The summed E-state index contributed by atoms with van der Waals surface area (Å²) in [6.45, 7) is 5.10. The molecule has 4 unspecified atom stereocenters. The van der Waals surface area contributed by atoms with Gasteiger partial charge in [-0.2, -0.15) is 0 Å². The molecule has 3 aliphatic rings. The largest absolute Gasteiger partial charge is 0.459 e. The SMILES string of the molecule is C=CC1(OC(=O)C2CC(OC(C)=O)C3CC2C(=O)O3)CCCC1. The maximum atomic E-state index is 12.7. The van der Waals surface area contributed by atoms with Crippen LogP contribution in [-0.2, 0) is 28.6 Å². The Labute approximate surface area is 135 Å². The Morgan fingerprint density at radius 2 is 2.00 bits per heavy atom. The van der Waals surface area contributed by atoms with Crippen molar-refractivity contribution < 1.29 is 28.6 Å². The Balaban J connectivity index is 1.74. The van der Waals surface area contributed by atoms with Gasteiger partial charge < -0.3 is 14.2 Å². The predicted octanol–water partition coefficient (Wildman–Crippen LogP) is 1.91. The van der Waals surface area contributed by atoms with Crippen molar-refractivity contribution in [2.75, 3.05) is 0 Å². The average molecular weight is 322 g/mol. The van der Waals surface area contributed by atoms with Crippen molar-refractivity contribution in [2.24, 2.45) is 11.8 Å². The molecule has 126 valence electrons. The molecule has 2 saturated carbocycles. The smallest absolute Gasteiger partial charge is 0.310 e. The highest BCUT2D eigenvalue weighted by Gasteiger charge is 2.54. The highest BCUT2D eigenvalue weighted by molar-refractivity contribution is 5.84. The van der Waals surface area contributed by atoms with E-state index in [1.165, 1.54) is 6.92 Å². The van der Waals surface area contributed by atoms with E-state index in [0.717, 1.165) is 25.7 Å². The summed E-state index contributed by atoms with van der Waals surface area (Å²) in [6.07, 6.45) is 4.86. The van der Waals surface area contributed by atoms with E-state index >= 15 is 0 Å². The molecule has 2 bridgehead atoms. The maximum absolute atomic E-state index is 12.7. The van der Waals surface area contributed by atoms with Gasteiger partial charge >= 0.3 is 17.9 Å². The lowest BCUT2D eigenvalue weighted by molar-refractivity contribution is -0.168. The van der Waals surface area contributed by atoms with Crippen molar-refractivity contribution in [1.29, 1.82) is 0 Å². The van der Waals surface area contributed by atoms with Gasteiger partial charge in [0.1, 0.15) is 17.8 Å². The first kappa shape index (κ1) is 16.0. The number of carbonyl (C=O) groups is 3. The molecule has 0 amide bonds. The molecule has 3 fully saturated rings. The highest BCUT2D eigenvalue weighted by atomic mass is 16.6. The van der Waals surface area contributed by atoms with Crippen LogP contribution >= 0.6 is 0 Å². The van der Waals surface area contributed by atoms with Crippen LogP contribution in [0.3, 0.4) is 0 Å². The normalized spacial score (nSPS) is 34.6. The molecule has 1 saturated heterocycles.